The minimum Gasteiger partial charge on any atom is -0.394 e. The van der Waals surface area contributed by atoms with Crippen LogP contribution in [-0.2, 0) is 6.54 Å². The van der Waals surface area contributed by atoms with Crippen molar-refractivity contribution < 1.29 is 0 Å². The summed E-state index contributed by atoms with van der Waals surface area (Å²) in [5, 5.41) is 0.906. The monoisotopic (exact) mass is 257 g/mol. The Morgan fingerprint density at radius 3 is 2.89 bits per heavy atom. The fraction of sp³-hybridized carbons (Fsp3) is 0.0769. The van der Waals surface area contributed by atoms with Crippen molar-refractivity contribution in [3.63, 3.8) is 0 Å². The number of pyridine rings is 1. The van der Waals surface area contributed by atoms with E-state index in [0.29, 0.717) is 6.54 Å². The van der Waals surface area contributed by atoms with Crippen LogP contribution in [0.3, 0.4) is 0 Å². The van der Waals surface area contributed by atoms with Crippen LogP contribution in [0.2, 0.25) is 0 Å². The van der Waals surface area contributed by atoms with E-state index < -0.39 is 0 Å². The molecule has 0 atom stereocenters. The maximum atomic E-state index is 11.8. The summed E-state index contributed by atoms with van der Waals surface area (Å²) in [6.45, 7) is 0.462. The lowest BCUT2D eigenvalue weighted by molar-refractivity contribution is 0.758. The zero-order valence-electron chi connectivity index (χ0n) is 9.54. The van der Waals surface area contributed by atoms with Gasteiger partial charge in [-0.3, -0.25) is 4.79 Å². The molecule has 3 aromatic rings. The molecular weight excluding hydrogens is 246 g/mol. The summed E-state index contributed by atoms with van der Waals surface area (Å²) in [5.41, 5.74) is 6.66. The zero-order chi connectivity index (χ0) is 12.5. The minimum atomic E-state index is -0.170. The largest absolute Gasteiger partial charge is 0.394 e. The van der Waals surface area contributed by atoms with Crippen molar-refractivity contribution >= 4 is 27.2 Å². The van der Waals surface area contributed by atoms with E-state index in [1.165, 1.54) is 0 Å². The smallest absolute Gasteiger partial charge is 0.274 e. The third-order valence-corrected chi connectivity index (χ3v) is 3.71. The molecule has 1 aromatic carbocycles. The first-order valence-electron chi connectivity index (χ1n) is 5.53. The SMILES string of the molecule is Nc1cccn(Cc2nc3ccccc3s2)c1=O. The molecular formula is C13H11N3OS. The van der Waals surface area contributed by atoms with Crippen molar-refractivity contribution in [1.29, 1.82) is 0 Å². The molecule has 0 aliphatic rings. The second kappa shape index (κ2) is 4.27. The van der Waals surface area contributed by atoms with Gasteiger partial charge in [-0.15, -0.1) is 11.3 Å². The Morgan fingerprint density at radius 1 is 1.22 bits per heavy atom. The number of aromatic nitrogens is 2. The molecule has 0 saturated heterocycles. The van der Waals surface area contributed by atoms with E-state index >= 15 is 0 Å². The van der Waals surface area contributed by atoms with Crippen LogP contribution in [0.5, 0.6) is 0 Å². The quantitative estimate of drug-likeness (QED) is 0.764. The Hall–Kier alpha value is -2.14. The molecule has 18 heavy (non-hydrogen) atoms. The second-order valence-corrected chi connectivity index (χ2v) is 5.09. The van der Waals surface area contributed by atoms with E-state index in [1.54, 1.807) is 34.2 Å². The third kappa shape index (κ3) is 1.89. The average Bonchev–Trinajstić information content (AvgIpc) is 2.77. The molecule has 0 bridgehead atoms. The normalized spacial score (nSPS) is 10.9. The topological polar surface area (TPSA) is 60.9 Å². The number of nitrogens with two attached hydrogens (primary N) is 1. The van der Waals surface area contributed by atoms with Crippen molar-refractivity contribution in [3.05, 3.63) is 58.0 Å². The molecule has 4 nitrogen and oxygen atoms in total. The highest BCUT2D eigenvalue weighted by atomic mass is 32.1. The molecule has 0 amide bonds. The van der Waals surface area contributed by atoms with E-state index in [1.807, 2.05) is 24.3 Å². The van der Waals surface area contributed by atoms with E-state index in [0.717, 1.165) is 15.2 Å². The van der Waals surface area contributed by atoms with Crippen LogP contribution < -0.4 is 11.3 Å². The van der Waals surface area contributed by atoms with Crippen molar-refractivity contribution in [3.8, 4) is 0 Å². The van der Waals surface area contributed by atoms with Gasteiger partial charge in [0.2, 0.25) is 0 Å². The number of para-hydroxylation sites is 1. The summed E-state index contributed by atoms with van der Waals surface area (Å²) in [6, 6.07) is 11.3. The number of fused-ring (bicyclic) bond motifs is 1. The van der Waals surface area contributed by atoms with Crippen LogP contribution in [0.4, 0.5) is 5.69 Å². The van der Waals surface area contributed by atoms with Crippen molar-refractivity contribution in [1.82, 2.24) is 9.55 Å². The van der Waals surface area contributed by atoms with Crippen molar-refractivity contribution in [2.45, 2.75) is 6.54 Å². The summed E-state index contributed by atoms with van der Waals surface area (Å²) in [7, 11) is 0. The summed E-state index contributed by atoms with van der Waals surface area (Å²) in [4.78, 5) is 16.3. The molecule has 2 heterocycles. The fourth-order valence-electron chi connectivity index (χ4n) is 1.81. The van der Waals surface area contributed by atoms with Gasteiger partial charge in [-0.05, 0) is 24.3 Å². The predicted octanol–water partition coefficient (Wildman–Crippen LogP) is 2.09. The van der Waals surface area contributed by atoms with E-state index in [4.69, 9.17) is 5.73 Å². The van der Waals surface area contributed by atoms with Gasteiger partial charge in [0.05, 0.1) is 22.4 Å². The van der Waals surface area contributed by atoms with Gasteiger partial charge in [0.25, 0.3) is 5.56 Å². The number of thiazole rings is 1. The first-order chi connectivity index (χ1) is 8.74. The summed E-state index contributed by atoms with van der Waals surface area (Å²) in [6.07, 6.45) is 1.73. The van der Waals surface area contributed by atoms with Gasteiger partial charge in [-0.1, -0.05) is 12.1 Å². The van der Waals surface area contributed by atoms with Gasteiger partial charge in [0.1, 0.15) is 5.01 Å². The van der Waals surface area contributed by atoms with Crippen LogP contribution in [0.15, 0.2) is 47.4 Å². The summed E-state index contributed by atoms with van der Waals surface area (Å²) in [5.74, 6) is 0. The molecule has 0 radical (unpaired) electrons. The van der Waals surface area contributed by atoms with Crippen molar-refractivity contribution in [2.75, 3.05) is 5.73 Å². The molecule has 0 unspecified atom stereocenters. The first-order valence-corrected chi connectivity index (χ1v) is 6.35. The Morgan fingerprint density at radius 2 is 2.06 bits per heavy atom. The molecule has 0 aliphatic carbocycles. The predicted molar refractivity (Wildman–Crippen MR) is 73.8 cm³/mol. The number of nitrogen functional groups attached to an aromatic ring is 1. The Kier molecular flexibility index (Phi) is 2.60. The lowest BCUT2D eigenvalue weighted by Crippen LogP contribution is -2.22. The van der Waals surface area contributed by atoms with Crippen LogP contribution in [0, 0.1) is 0 Å². The van der Waals surface area contributed by atoms with Crippen LogP contribution in [0.25, 0.3) is 10.2 Å². The van der Waals surface area contributed by atoms with Gasteiger partial charge in [0.15, 0.2) is 0 Å². The number of rotatable bonds is 2. The van der Waals surface area contributed by atoms with E-state index in [2.05, 4.69) is 4.98 Å². The Bertz CT molecular complexity index is 727. The highest BCUT2D eigenvalue weighted by Gasteiger charge is 2.05. The standard InChI is InChI=1S/C13H11N3OS/c14-9-4-3-7-16(13(9)17)8-12-15-10-5-1-2-6-11(10)18-12/h1-7H,8,14H2. The highest BCUT2D eigenvalue weighted by Crippen LogP contribution is 2.21. The maximum absolute atomic E-state index is 11.8. The molecule has 0 spiro atoms. The molecule has 2 N–H and O–H groups in total. The number of nitrogens with zero attached hydrogens (tertiary/aromatic N) is 2. The van der Waals surface area contributed by atoms with Gasteiger partial charge in [0, 0.05) is 6.20 Å². The summed E-state index contributed by atoms with van der Waals surface area (Å²) < 4.78 is 2.71. The van der Waals surface area contributed by atoms with Gasteiger partial charge < -0.3 is 10.3 Å². The molecule has 0 aliphatic heterocycles. The van der Waals surface area contributed by atoms with Crippen LogP contribution >= 0.6 is 11.3 Å². The van der Waals surface area contributed by atoms with E-state index in [-0.39, 0.29) is 11.2 Å². The Balaban J connectivity index is 2.01. The lowest BCUT2D eigenvalue weighted by Gasteiger charge is -2.02. The number of hydrogen-bond acceptors (Lipinski definition) is 4. The molecule has 5 heteroatoms. The third-order valence-electron chi connectivity index (χ3n) is 2.69. The number of benzene rings is 1. The number of hydrogen-bond donors (Lipinski definition) is 1. The van der Waals surface area contributed by atoms with Gasteiger partial charge in [-0.25, -0.2) is 4.98 Å². The lowest BCUT2D eigenvalue weighted by atomic mass is 10.3. The molecule has 0 fully saturated rings. The first kappa shape index (κ1) is 11.0. The molecule has 2 aromatic heterocycles. The summed E-state index contributed by atoms with van der Waals surface area (Å²) >= 11 is 1.60. The molecule has 3 rings (SSSR count). The Labute approximate surface area is 107 Å². The van der Waals surface area contributed by atoms with E-state index in [9.17, 15) is 4.79 Å². The highest BCUT2D eigenvalue weighted by molar-refractivity contribution is 7.18. The molecule has 90 valence electrons. The van der Waals surface area contributed by atoms with Gasteiger partial charge in [-0.2, -0.15) is 0 Å². The second-order valence-electron chi connectivity index (χ2n) is 3.97. The minimum absolute atomic E-state index is 0.170. The van der Waals surface area contributed by atoms with Gasteiger partial charge >= 0.3 is 0 Å². The maximum Gasteiger partial charge on any atom is 0.274 e. The fourth-order valence-corrected chi connectivity index (χ4v) is 2.78. The zero-order valence-corrected chi connectivity index (χ0v) is 10.4. The average molecular weight is 257 g/mol. The van der Waals surface area contributed by atoms with Crippen molar-refractivity contribution in [2.24, 2.45) is 0 Å². The van der Waals surface area contributed by atoms with Crippen LogP contribution in [0.1, 0.15) is 5.01 Å². The molecule has 0 saturated carbocycles. The van der Waals surface area contributed by atoms with Crippen LogP contribution in [-0.4, -0.2) is 9.55 Å². The number of anilines is 1.